The highest BCUT2D eigenvalue weighted by molar-refractivity contribution is 7.85. The number of benzene rings is 2. The van der Waals surface area contributed by atoms with Gasteiger partial charge in [-0.05, 0) is 66.5 Å². The fraction of sp³-hybridized carbons (Fsp3) is 0.400. The monoisotopic (exact) mass is 522 g/mol. The van der Waals surface area contributed by atoms with Crippen molar-refractivity contribution < 1.29 is 17.7 Å². The van der Waals surface area contributed by atoms with E-state index in [4.69, 9.17) is 27.4 Å². The number of nitrogens with zero attached hydrogens (tertiary/aromatic N) is 2. The molecule has 0 saturated carbocycles. The lowest BCUT2D eigenvalue weighted by atomic mass is 9.86. The molecule has 0 spiro atoms. The molecule has 1 aliphatic rings. The highest BCUT2D eigenvalue weighted by Gasteiger charge is 2.24. The zero-order valence-corrected chi connectivity index (χ0v) is 21.3. The van der Waals surface area contributed by atoms with E-state index in [1.54, 1.807) is 18.3 Å². The SMILES string of the molecule is CS(=O)(=O)OCC[C@@H](Cn1ccnc1C(O)c1cccc2c1CCCC2)c1ccc(Cl)c(Cl)c1. The Morgan fingerprint density at radius 1 is 1.15 bits per heavy atom. The molecular weight excluding hydrogens is 495 g/mol. The van der Waals surface area contributed by atoms with Gasteiger partial charge in [-0.3, -0.25) is 4.18 Å². The molecule has 0 bridgehead atoms. The molecule has 1 heterocycles. The number of aryl methyl sites for hydroxylation is 1. The topological polar surface area (TPSA) is 81.4 Å². The summed E-state index contributed by atoms with van der Waals surface area (Å²) in [5.74, 6) is 0.412. The number of halogens is 2. The van der Waals surface area contributed by atoms with Crippen LogP contribution < -0.4 is 0 Å². The Morgan fingerprint density at radius 3 is 2.71 bits per heavy atom. The van der Waals surface area contributed by atoms with E-state index < -0.39 is 16.2 Å². The Morgan fingerprint density at radius 2 is 1.94 bits per heavy atom. The zero-order chi connectivity index (χ0) is 24.3. The minimum absolute atomic E-state index is 0.0303. The number of hydrogen-bond donors (Lipinski definition) is 1. The quantitative estimate of drug-likeness (QED) is 0.385. The van der Waals surface area contributed by atoms with E-state index in [1.807, 2.05) is 29.0 Å². The summed E-state index contributed by atoms with van der Waals surface area (Å²) in [5, 5.41) is 12.2. The Kier molecular flexibility index (Phi) is 8.00. The van der Waals surface area contributed by atoms with Gasteiger partial charge in [-0.2, -0.15) is 8.42 Å². The first-order valence-electron chi connectivity index (χ1n) is 11.3. The van der Waals surface area contributed by atoms with Crippen LogP contribution >= 0.6 is 23.2 Å². The van der Waals surface area contributed by atoms with Crippen LogP contribution in [0.1, 0.15) is 59.4 Å². The molecule has 1 aliphatic carbocycles. The minimum atomic E-state index is -3.55. The first-order valence-corrected chi connectivity index (χ1v) is 13.9. The molecule has 0 saturated heterocycles. The van der Waals surface area contributed by atoms with Gasteiger partial charge in [0.2, 0.25) is 0 Å². The summed E-state index contributed by atoms with van der Waals surface area (Å²) in [7, 11) is -3.55. The molecular formula is C25H28Cl2N2O4S. The molecule has 1 N–H and O–H groups in total. The predicted octanol–water partition coefficient (Wildman–Crippen LogP) is 5.30. The van der Waals surface area contributed by atoms with Gasteiger partial charge in [0.15, 0.2) is 0 Å². The lowest BCUT2D eigenvalue weighted by molar-refractivity contribution is 0.201. The summed E-state index contributed by atoms with van der Waals surface area (Å²) in [5.41, 5.74) is 4.32. The molecule has 2 aromatic carbocycles. The van der Waals surface area contributed by atoms with Crippen molar-refractivity contribution in [2.24, 2.45) is 0 Å². The van der Waals surface area contributed by atoms with Gasteiger partial charge in [-0.25, -0.2) is 4.98 Å². The van der Waals surface area contributed by atoms with Crippen LogP contribution in [0.2, 0.25) is 10.0 Å². The van der Waals surface area contributed by atoms with Crippen LogP contribution in [0.15, 0.2) is 48.8 Å². The van der Waals surface area contributed by atoms with Gasteiger partial charge in [0.1, 0.15) is 11.9 Å². The zero-order valence-electron chi connectivity index (χ0n) is 19.0. The van der Waals surface area contributed by atoms with E-state index in [1.165, 1.54) is 17.5 Å². The van der Waals surface area contributed by atoms with Gasteiger partial charge in [0.05, 0.1) is 22.9 Å². The fourth-order valence-corrected chi connectivity index (χ4v) is 5.34. The van der Waals surface area contributed by atoms with E-state index in [9.17, 15) is 13.5 Å². The molecule has 0 fully saturated rings. The second-order valence-electron chi connectivity index (χ2n) is 8.72. The number of fused-ring (bicyclic) bond motifs is 1. The normalized spacial score (nSPS) is 15.6. The van der Waals surface area contributed by atoms with Crippen LogP contribution in [0, 0.1) is 0 Å². The number of imidazole rings is 1. The van der Waals surface area contributed by atoms with Crippen molar-refractivity contribution in [3.8, 4) is 0 Å². The van der Waals surface area contributed by atoms with Crippen LogP contribution in [0.4, 0.5) is 0 Å². The molecule has 4 rings (SSSR count). The maximum Gasteiger partial charge on any atom is 0.264 e. The predicted molar refractivity (Wildman–Crippen MR) is 134 cm³/mol. The van der Waals surface area contributed by atoms with Crippen LogP contribution in [0.5, 0.6) is 0 Å². The van der Waals surface area contributed by atoms with Crippen LogP contribution in [0.25, 0.3) is 0 Å². The van der Waals surface area contributed by atoms with E-state index in [0.717, 1.165) is 36.6 Å². The van der Waals surface area contributed by atoms with Crippen molar-refractivity contribution in [1.29, 1.82) is 0 Å². The first kappa shape index (κ1) is 25.2. The highest BCUT2D eigenvalue weighted by atomic mass is 35.5. The van der Waals surface area contributed by atoms with Gasteiger partial charge in [-0.1, -0.05) is 47.5 Å². The van der Waals surface area contributed by atoms with Gasteiger partial charge in [0.25, 0.3) is 10.1 Å². The molecule has 2 atom stereocenters. The lowest BCUT2D eigenvalue weighted by Gasteiger charge is -2.24. The van der Waals surface area contributed by atoms with E-state index in [-0.39, 0.29) is 12.5 Å². The largest absolute Gasteiger partial charge is 0.380 e. The molecule has 0 aliphatic heterocycles. The van der Waals surface area contributed by atoms with Crippen molar-refractivity contribution in [3.05, 3.63) is 86.9 Å². The van der Waals surface area contributed by atoms with E-state index in [0.29, 0.717) is 28.8 Å². The van der Waals surface area contributed by atoms with Crippen molar-refractivity contribution in [2.75, 3.05) is 12.9 Å². The Bertz CT molecular complexity index is 1260. The summed E-state index contributed by atoms with van der Waals surface area (Å²) in [4.78, 5) is 4.48. The van der Waals surface area contributed by atoms with Gasteiger partial charge in [0, 0.05) is 24.9 Å². The molecule has 9 heteroatoms. The molecule has 182 valence electrons. The molecule has 0 amide bonds. The summed E-state index contributed by atoms with van der Waals surface area (Å²) in [6, 6.07) is 11.5. The highest BCUT2D eigenvalue weighted by Crippen LogP contribution is 2.33. The lowest BCUT2D eigenvalue weighted by Crippen LogP contribution is -2.18. The maximum atomic E-state index is 11.5. The average Bonchev–Trinajstić information content (AvgIpc) is 3.27. The smallest absolute Gasteiger partial charge is 0.264 e. The second kappa shape index (κ2) is 10.8. The second-order valence-corrected chi connectivity index (χ2v) is 11.2. The van der Waals surface area contributed by atoms with Gasteiger partial charge < -0.3 is 9.67 Å². The van der Waals surface area contributed by atoms with Crippen molar-refractivity contribution >= 4 is 33.3 Å². The van der Waals surface area contributed by atoms with Crippen LogP contribution in [-0.2, 0) is 33.7 Å². The molecule has 3 aromatic rings. The molecule has 34 heavy (non-hydrogen) atoms. The number of hydrogen-bond acceptors (Lipinski definition) is 5. The van der Waals surface area contributed by atoms with Crippen LogP contribution in [0.3, 0.4) is 0 Å². The van der Waals surface area contributed by atoms with Crippen molar-refractivity contribution in [3.63, 3.8) is 0 Å². The summed E-state index contributed by atoms with van der Waals surface area (Å²) in [6.45, 7) is 0.495. The van der Waals surface area contributed by atoms with Crippen LogP contribution in [-0.4, -0.2) is 35.9 Å². The fourth-order valence-electron chi connectivity index (χ4n) is 4.64. The van der Waals surface area contributed by atoms with Crippen molar-refractivity contribution in [2.45, 2.75) is 50.7 Å². The van der Waals surface area contributed by atoms with Gasteiger partial charge >= 0.3 is 0 Å². The Hall–Kier alpha value is -1.90. The molecule has 0 radical (unpaired) electrons. The maximum absolute atomic E-state index is 11.5. The number of rotatable bonds is 9. The standard InChI is InChI=1S/C25H28Cl2N2O4S/c1-34(31,32)33-14-11-19(18-9-10-22(26)23(27)15-18)16-29-13-12-28-25(29)24(30)21-8-4-6-17-5-2-3-7-20(17)21/h4,6,8-10,12-13,15,19,24,30H,2-3,5,7,11,14,16H2,1H3/t19-,24?/m0/s1. The average molecular weight is 523 g/mol. The number of aliphatic hydroxyl groups is 1. The summed E-state index contributed by atoms with van der Waals surface area (Å²) < 4.78 is 29.9. The third kappa shape index (κ3) is 6.01. The minimum Gasteiger partial charge on any atom is -0.380 e. The summed E-state index contributed by atoms with van der Waals surface area (Å²) >= 11 is 12.4. The number of aromatic nitrogens is 2. The van der Waals surface area contributed by atoms with E-state index >= 15 is 0 Å². The Balaban J connectivity index is 1.62. The Labute approximate surface area is 210 Å². The molecule has 1 unspecified atom stereocenters. The third-order valence-electron chi connectivity index (χ3n) is 6.31. The first-order chi connectivity index (χ1) is 16.2. The third-order valence-corrected chi connectivity index (χ3v) is 7.65. The van der Waals surface area contributed by atoms with Crippen molar-refractivity contribution in [1.82, 2.24) is 9.55 Å². The summed E-state index contributed by atoms with van der Waals surface area (Å²) in [6.07, 6.45) is 8.38. The number of aliphatic hydroxyl groups excluding tert-OH is 1. The molecule has 6 nitrogen and oxygen atoms in total. The van der Waals surface area contributed by atoms with Gasteiger partial charge in [-0.15, -0.1) is 0 Å². The molecule has 1 aromatic heterocycles. The van der Waals surface area contributed by atoms with E-state index in [2.05, 4.69) is 11.1 Å².